The largest absolute Gasteiger partial charge is 0.453 e. The number of fused-ring (bicyclic) bond motifs is 5. The molecule has 0 N–H and O–H groups in total. The lowest BCUT2D eigenvalue weighted by atomic mass is 9.94. The molecule has 254 valence electrons. The summed E-state index contributed by atoms with van der Waals surface area (Å²) in [6.07, 6.45) is 0. The highest BCUT2D eigenvalue weighted by Crippen LogP contribution is 2.47. The van der Waals surface area contributed by atoms with Gasteiger partial charge < -0.3 is 9.32 Å². The predicted octanol–water partition coefficient (Wildman–Crippen LogP) is 14.9. The molecule has 0 bridgehead atoms. The molecule has 1 heterocycles. The molecule has 10 aromatic rings. The van der Waals surface area contributed by atoms with Crippen molar-refractivity contribution in [1.82, 2.24) is 0 Å². The van der Waals surface area contributed by atoms with Crippen LogP contribution in [0.1, 0.15) is 46.6 Å². The van der Waals surface area contributed by atoms with E-state index in [1.165, 1.54) is 0 Å². The molecule has 0 radical (unpaired) electrons. The fraction of sp³-hybridized carbons (Fsp3) is 0. The van der Waals surface area contributed by atoms with Crippen LogP contribution in [0.5, 0.6) is 0 Å². The van der Waals surface area contributed by atoms with Crippen LogP contribution in [0.15, 0.2) is 216 Å². The van der Waals surface area contributed by atoms with Crippen LogP contribution in [-0.2, 0) is 0 Å². The van der Waals surface area contributed by atoms with Crippen molar-refractivity contribution in [3.8, 4) is 44.5 Å². The Morgan fingerprint density at radius 3 is 1.63 bits per heavy atom. The summed E-state index contributed by atoms with van der Waals surface area (Å²) in [6.45, 7) is 0. The number of furan rings is 1. The average molecular weight is 724 g/mol. The van der Waals surface area contributed by atoms with E-state index in [1.807, 2.05) is 0 Å². The number of hydrogen-bond acceptors (Lipinski definition) is 2. The highest BCUT2D eigenvalue weighted by molar-refractivity contribution is 6.22. The van der Waals surface area contributed by atoms with Crippen molar-refractivity contribution in [1.29, 1.82) is 0 Å². The van der Waals surface area contributed by atoms with Crippen molar-refractivity contribution >= 4 is 49.8 Å². The second-order valence-corrected chi connectivity index (χ2v) is 11.1. The minimum absolute atomic E-state index is 0.443. The van der Waals surface area contributed by atoms with E-state index in [-0.39, 0.29) is 0 Å². The first-order chi connectivity index (χ1) is 40.9. The number of nitrogens with zero attached hydrogens (tertiary/aromatic N) is 1. The van der Waals surface area contributed by atoms with Crippen molar-refractivity contribution in [3.05, 3.63) is 212 Å². The molecule has 0 unspecified atom stereocenters. The van der Waals surface area contributed by atoms with Crippen molar-refractivity contribution in [2.24, 2.45) is 0 Å². The Labute approximate surface area is 362 Å². The molecule has 0 saturated carbocycles. The number of rotatable bonds is 7. The first-order valence-electron chi connectivity index (χ1n) is 32.7. The quantitative estimate of drug-likeness (QED) is 0.163. The second-order valence-electron chi connectivity index (χ2n) is 11.1. The van der Waals surface area contributed by atoms with Gasteiger partial charge in [0.1, 0.15) is 5.58 Å². The zero-order valence-electron chi connectivity index (χ0n) is 60.9. The molecule has 0 saturated heterocycles. The molecule has 9 aromatic carbocycles. The molecule has 0 fully saturated rings. The summed E-state index contributed by atoms with van der Waals surface area (Å²) in [5.41, 5.74) is -12.1. The third-order valence-corrected chi connectivity index (χ3v) is 8.00. The van der Waals surface area contributed by atoms with Crippen LogP contribution in [0.4, 0.5) is 17.1 Å². The van der Waals surface area contributed by atoms with Gasteiger partial charge in [-0.25, -0.2) is 0 Å². The Hall–Kier alpha value is -7.16. The molecule has 2 heteroatoms. The van der Waals surface area contributed by atoms with Gasteiger partial charge in [-0.05, 0) is 92.2 Å². The van der Waals surface area contributed by atoms with Crippen LogP contribution in [-0.4, -0.2) is 0 Å². The highest BCUT2D eigenvalue weighted by atomic mass is 16.3. The second kappa shape index (κ2) is 13.4. The third kappa shape index (κ3) is 5.62. The summed E-state index contributed by atoms with van der Waals surface area (Å²) in [4.78, 5) is 0.443. The summed E-state index contributed by atoms with van der Waals surface area (Å²) in [6, 6.07) is -34.8. The fourth-order valence-electron chi connectivity index (χ4n) is 5.63. The van der Waals surface area contributed by atoms with Crippen LogP contribution in [0.25, 0.3) is 77.2 Å². The Bertz CT molecular complexity index is 4800. The van der Waals surface area contributed by atoms with E-state index in [0.29, 0.717) is 11.0 Å². The lowest BCUT2D eigenvalue weighted by Crippen LogP contribution is -2.10. The highest BCUT2D eigenvalue weighted by Gasteiger charge is 2.23. The van der Waals surface area contributed by atoms with Gasteiger partial charge in [-0.2, -0.15) is 0 Å². The van der Waals surface area contributed by atoms with Gasteiger partial charge in [0.25, 0.3) is 0 Å². The summed E-state index contributed by atoms with van der Waals surface area (Å²) >= 11 is 0. The number of hydrogen-bond donors (Lipinski definition) is 0. The van der Waals surface area contributed by atoms with E-state index in [0.717, 1.165) is 0 Å². The average Bonchev–Trinajstić information content (AvgIpc) is 1.42. The fourth-order valence-corrected chi connectivity index (χ4v) is 5.63. The van der Waals surface area contributed by atoms with Gasteiger partial charge in [-0.1, -0.05) is 169 Å². The van der Waals surface area contributed by atoms with E-state index >= 15 is 0 Å². The lowest BCUT2D eigenvalue weighted by Gasteiger charge is -2.26. The van der Waals surface area contributed by atoms with Gasteiger partial charge in [0, 0.05) is 27.5 Å². The zero-order chi connectivity index (χ0) is 65.4. The smallest absolute Gasteiger partial charge is 0.160 e. The zero-order valence-corrected chi connectivity index (χ0v) is 26.9. The Balaban J connectivity index is 1.49. The molecule has 0 atom stereocenters. The van der Waals surface area contributed by atoms with Gasteiger partial charge >= 0.3 is 0 Å². The lowest BCUT2D eigenvalue weighted by molar-refractivity contribution is 0.673. The monoisotopic (exact) mass is 723 g/mol. The van der Waals surface area contributed by atoms with Crippen molar-refractivity contribution < 1.29 is 51.0 Å². The molecule has 10 rings (SSSR count). The van der Waals surface area contributed by atoms with E-state index in [2.05, 4.69) is 0 Å². The molecule has 54 heavy (non-hydrogen) atoms. The molecule has 2 nitrogen and oxygen atoms in total. The maximum absolute atomic E-state index is 10.1. The minimum Gasteiger partial charge on any atom is -0.453 e. The van der Waals surface area contributed by atoms with E-state index < -0.39 is 300 Å². The van der Waals surface area contributed by atoms with Gasteiger partial charge in [0.05, 0.1) is 52.3 Å². The van der Waals surface area contributed by atoms with Gasteiger partial charge in [-0.3, -0.25) is 0 Å². The van der Waals surface area contributed by atoms with E-state index in [9.17, 15) is 17.8 Å². The van der Waals surface area contributed by atoms with Crippen LogP contribution in [0.2, 0.25) is 0 Å². The van der Waals surface area contributed by atoms with Crippen LogP contribution in [0.3, 0.4) is 0 Å². The first kappa shape index (κ1) is 12.2. The topological polar surface area (TPSA) is 16.4 Å². The van der Waals surface area contributed by atoms with Gasteiger partial charge in [0.2, 0.25) is 0 Å². The van der Waals surface area contributed by atoms with Gasteiger partial charge in [0.15, 0.2) is 5.58 Å². The Kier molecular flexibility index (Phi) is 3.03. The van der Waals surface area contributed by atoms with Crippen LogP contribution in [0, 0.1) is 0 Å². The normalized spacial score (nSPS) is 20.1. The Morgan fingerprint density at radius 1 is 0.370 bits per heavy atom. The van der Waals surface area contributed by atoms with Crippen molar-refractivity contribution in [2.75, 3.05) is 4.90 Å². The SMILES string of the molecule is [2H]c1cc(N(c2c([2H])c([2H])c(-c3c([2H])c([2H])c([2H])c([2H])c3[2H])c([2H])c2[2H])c2c([2H])c([2H])c(-c3c([2H])c([2H])c([2H])c(-c4c([2H])c([2H])c([2H])c([2H])c4[2H])c3[2H])c3c2oc2c4c([2H])c([2H])c([2H])c([2H])c4c([2H])c([2H])c23)c([2H])c([2H])c1-c1c([2H])c([2H])c([2H])c([2H])c1[2H]. The minimum atomic E-state index is -1.31. The molecular weight excluding hydrogens is 655 g/mol. The predicted molar refractivity (Wildman–Crippen MR) is 228 cm³/mol. The summed E-state index contributed by atoms with van der Waals surface area (Å²) in [7, 11) is 0. The van der Waals surface area contributed by atoms with Crippen LogP contribution >= 0.6 is 0 Å². The van der Waals surface area contributed by atoms with Crippen molar-refractivity contribution in [2.45, 2.75) is 0 Å². The summed E-state index contributed by atoms with van der Waals surface area (Å²) < 4.78 is 312. The molecular formula is C52H35NO. The van der Waals surface area contributed by atoms with Crippen LogP contribution < -0.4 is 4.90 Å². The molecule has 1 aromatic heterocycles. The standard InChI is InChI=1S/C52H35NO/c1-4-13-36(14-5-1)39-23-28-44(29-24-39)53(45-30-25-40(26-31-45)37-15-6-2-7-16-37)49-34-33-46(43-21-12-20-42(35-43)38-17-8-3-9-18-38)50-48-32-27-41-19-10-11-22-47(41)51(48)54-52(49)50/h1-35H/i1D,2D,3D,4D,5D,6D,7D,8D,9D,10D,11D,12D,13D,14D,15D,16D,17D,18D,19D,20D,21D,22D,23D,24D,25D,26D,27D,28D,29D,30D,32D,33D,34D,35D. The number of benzene rings is 9. The first-order valence-corrected chi connectivity index (χ1v) is 15.7. The van der Waals surface area contributed by atoms with E-state index in [4.69, 9.17) is 33.2 Å². The number of anilines is 3. The summed E-state index contributed by atoms with van der Waals surface area (Å²) in [5.74, 6) is 0. The Morgan fingerprint density at radius 2 is 0.926 bits per heavy atom. The molecule has 0 spiro atoms. The van der Waals surface area contributed by atoms with Gasteiger partial charge in [-0.15, -0.1) is 0 Å². The molecule has 0 aliphatic carbocycles. The van der Waals surface area contributed by atoms with E-state index in [1.54, 1.807) is 0 Å². The molecule has 0 aliphatic rings. The molecule has 0 aliphatic heterocycles. The molecule has 0 amide bonds. The maximum atomic E-state index is 10.1. The maximum Gasteiger partial charge on any atom is 0.160 e. The third-order valence-electron chi connectivity index (χ3n) is 8.00. The van der Waals surface area contributed by atoms with Crippen molar-refractivity contribution in [3.63, 3.8) is 0 Å². The summed E-state index contributed by atoms with van der Waals surface area (Å²) in [5, 5.41) is -2.94.